The van der Waals surface area contributed by atoms with E-state index in [1.54, 1.807) is 0 Å². The van der Waals surface area contributed by atoms with Crippen molar-refractivity contribution in [1.29, 1.82) is 0 Å². The highest BCUT2D eigenvalue weighted by Gasteiger charge is 2.56. The first-order valence-corrected chi connectivity index (χ1v) is 8.90. The minimum atomic E-state index is -0.656. The number of carbonyl (C=O) groups is 2. The van der Waals surface area contributed by atoms with E-state index >= 15 is 0 Å². The minimum absolute atomic E-state index is 0.178. The molecule has 4 saturated carbocycles. The van der Waals surface area contributed by atoms with Crippen LogP contribution >= 0.6 is 0 Å². The SMILES string of the molecule is CC(C)(C)OC(=O)N(CC1CC1)C12CCC(C(=O)O)(CC1)CC2. The quantitative estimate of drug-likeness (QED) is 0.854. The van der Waals surface area contributed by atoms with Crippen molar-refractivity contribution >= 4 is 12.1 Å². The fourth-order valence-corrected chi connectivity index (χ4v) is 4.23. The van der Waals surface area contributed by atoms with Crippen molar-refractivity contribution in [2.45, 2.75) is 83.3 Å². The molecular weight excluding hydrogens is 294 g/mol. The third-order valence-corrected chi connectivity index (χ3v) is 5.98. The van der Waals surface area contributed by atoms with Gasteiger partial charge in [0, 0.05) is 12.1 Å². The summed E-state index contributed by atoms with van der Waals surface area (Å²) in [5.74, 6) is -0.0539. The van der Waals surface area contributed by atoms with Gasteiger partial charge in [-0.05, 0) is 78.1 Å². The number of nitrogens with zero attached hydrogens (tertiary/aromatic N) is 1. The number of rotatable bonds is 4. The molecule has 0 spiro atoms. The molecule has 0 heterocycles. The summed E-state index contributed by atoms with van der Waals surface area (Å²) in [6, 6.07) is 0. The average molecular weight is 323 g/mol. The zero-order chi connectivity index (χ0) is 16.9. The van der Waals surface area contributed by atoms with Gasteiger partial charge in [0.2, 0.25) is 0 Å². The van der Waals surface area contributed by atoms with Crippen molar-refractivity contribution in [2.24, 2.45) is 11.3 Å². The van der Waals surface area contributed by atoms with Gasteiger partial charge in [0.1, 0.15) is 5.60 Å². The molecule has 0 aromatic carbocycles. The molecule has 5 nitrogen and oxygen atoms in total. The van der Waals surface area contributed by atoms with Crippen LogP contribution in [0.1, 0.15) is 72.1 Å². The Labute approximate surface area is 138 Å². The summed E-state index contributed by atoms with van der Waals surface area (Å²) in [7, 11) is 0. The number of aliphatic carboxylic acids is 1. The zero-order valence-corrected chi connectivity index (χ0v) is 14.6. The van der Waals surface area contributed by atoms with Gasteiger partial charge in [0.25, 0.3) is 0 Å². The lowest BCUT2D eigenvalue weighted by Crippen LogP contribution is -2.61. The Kier molecular flexibility index (Phi) is 3.88. The van der Waals surface area contributed by atoms with Gasteiger partial charge in [-0.3, -0.25) is 4.79 Å². The van der Waals surface area contributed by atoms with Crippen LogP contribution in [0.15, 0.2) is 0 Å². The minimum Gasteiger partial charge on any atom is -0.481 e. The van der Waals surface area contributed by atoms with Crippen LogP contribution in [-0.2, 0) is 9.53 Å². The first-order chi connectivity index (χ1) is 10.7. The van der Waals surface area contributed by atoms with Gasteiger partial charge in [0.05, 0.1) is 5.41 Å². The molecule has 4 rings (SSSR count). The maximum Gasteiger partial charge on any atom is 0.410 e. The summed E-state index contributed by atoms with van der Waals surface area (Å²) in [4.78, 5) is 26.4. The van der Waals surface area contributed by atoms with Crippen LogP contribution in [0, 0.1) is 11.3 Å². The lowest BCUT2D eigenvalue weighted by Gasteiger charge is -2.55. The van der Waals surface area contributed by atoms with Crippen molar-refractivity contribution in [2.75, 3.05) is 6.54 Å². The number of carbonyl (C=O) groups excluding carboxylic acids is 1. The van der Waals surface area contributed by atoms with E-state index in [1.807, 2.05) is 25.7 Å². The molecule has 23 heavy (non-hydrogen) atoms. The summed E-state index contributed by atoms with van der Waals surface area (Å²) >= 11 is 0. The Hall–Kier alpha value is -1.26. The third kappa shape index (κ3) is 3.20. The van der Waals surface area contributed by atoms with E-state index < -0.39 is 17.0 Å². The average Bonchev–Trinajstić information content (AvgIpc) is 3.28. The van der Waals surface area contributed by atoms with Crippen molar-refractivity contribution in [3.05, 3.63) is 0 Å². The molecule has 1 N–H and O–H groups in total. The molecule has 0 radical (unpaired) electrons. The largest absolute Gasteiger partial charge is 0.481 e. The number of ether oxygens (including phenoxy) is 1. The van der Waals surface area contributed by atoms with E-state index in [0.29, 0.717) is 25.2 Å². The van der Waals surface area contributed by atoms with E-state index in [9.17, 15) is 14.7 Å². The molecule has 2 bridgehead atoms. The summed E-state index contributed by atoms with van der Waals surface area (Å²) < 4.78 is 5.67. The van der Waals surface area contributed by atoms with Gasteiger partial charge < -0.3 is 14.7 Å². The predicted octanol–water partition coefficient (Wildman–Crippen LogP) is 3.81. The number of hydrogen-bond acceptors (Lipinski definition) is 3. The monoisotopic (exact) mass is 323 g/mol. The Morgan fingerprint density at radius 2 is 1.61 bits per heavy atom. The lowest BCUT2D eigenvalue weighted by atomic mass is 9.56. The van der Waals surface area contributed by atoms with Crippen LogP contribution in [0.3, 0.4) is 0 Å². The lowest BCUT2D eigenvalue weighted by molar-refractivity contribution is -0.160. The summed E-state index contributed by atoms with van der Waals surface area (Å²) in [5, 5.41) is 9.55. The summed E-state index contributed by atoms with van der Waals surface area (Å²) in [5.41, 5.74) is -1.22. The van der Waals surface area contributed by atoms with E-state index in [2.05, 4.69) is 0 Å². The second kappa shape index (κ2) is 5.38. The molecule has 4 aliphatic rings. The number of fused-ring (bicyclic) bond motifs is 3. The Bertz CT molecular complexity index is 479. The van der Waals surface area contributed by atoms with Crippen LogP contribution in [0.2, 0.25) is 0 Å². The Morgan fingerprint density at radius 3 is 2.00 bits per heavy atom. The van der Waals surface area contributed by atoms with Gasteiger partial charge in [-0.25, -0.2) is 4.79 Å². The topological polar surface area (TPSA) is 66.8 Å². The molecule has 0 aliphatic heterocycles. The molecule has 5 heteroatoms. The highest BCUT2D eigenvalue weighted by Crippen LogP contribution is 2.55. The van der Waals surface area contributed by atoms with Crippen molar-refractivity contribution in [1.82, 2.24) is 4.90 Å². The van der Waals surface area contributed by atoms with Crippen LogP contribution in [-0.4, -0.2) is 39.8 Å². The Balaban J connectivity index is 1.78. The number of hydrogen-bond donors (Lipinski definition) is 1. The molecular formula is C18H29NO4. The molecule has 4 fully saturated rings. The number of carboxylic acid groups (broad SMARTS) is 1. The van der Waals surface area contributed by atoms with Gasteiger partial charge in [0.15, 0.2) is 0 Å². The second-order valence-electron chi connectivity index (χ2n) is 8.84. The van der Waals surface area contributed by atoms with Crippen LogP contribution < -0.4 is 0 Å². The van der Waals surface area contributed by atoms with Gasteiger partial charge >= 0.3 is 12.1 Å². The van der Waals surface area contributed by atoms with Crippen molar-refractivity contribution in [3.8, 4) is 0 Å². The van der Waals surface area contributed by atoms with Gasteiger partial charge in [-0.2, -0.15) is 0 Å². The number of carboxylic acids is 1. The Morgan fingerprint density at radius 1 is 1.09 bits per heavy atom. The third-order valence-electron chi connectivity index (χ3n) is 5.98. The first kappa shape index (κ1) is 16.6. The van der Waals surface area contributed by atoms with Gasteiger partial charge in [-0.1, -0.05) is 0 Å². The zero-order valence-electron chi connectivity index (χ0n) is 14.6. The molecule has 0 aromatic heterocycles. The number of amides is 1. The van der Waals surface area contributed by atoms with E-state index in [1.165, 1.54) is 12.8 Å². The van der Waals surface area contributed by atoms with Crippen molar-refractivity contribution < 1.29 is 19.4 Å². The van der Waals surface area contributed by atoms with Crippen LogP contribution in [0.4, 0.5) is 4.79 Å². The predicted molar refractivity (Wildman–Crippen MR) is 86.2 cm³/mol. The summed E-state index contributed by atoms with van der Waals surface area (Å²) in [6.45, 7) is 6.47. The molecule has 0 saturated heterocycles. The molecule has 0 unspecified atom stereocenters. The highest BCUT2D eigenvalue weighted by atomic mass is 16.6. The van der Waals surface area contributed by atoms with Crippen molar-refractivity contribution in [3.63, 3.8) is 0 Å². The van der Waals surface area contributed by atoms with Gasteiger partial charge in [-0.15, -0.1) is 0 Å². The normalized spacial score (nSPS) is 33.3. The fourth-order valence-electron chi connectivity index (χ4n) is 4.23. The molecule has 0 aromatic rings. The molecule has 130 valence electrons. The maximum atomic E-state index is 12.8. The molecule has 1 amide bonds. The van der Waals surface area contributed by atoms with Crippen LogP contribution in [0.25, 0.3) is 0 Å². The van der Waals surface area contributed by atoms with E-state index in [0.717, 1.165) is 25.8 Å². The highest BCUT2D eigenvalue weighted by molar-refractivity contribution is 5.76. The van der Waals surface area contributed by atoms with Crippen LogP contribution in [0.5, 0.6) is 0 Å². The fraction of sp³-hybridized carbons (Fsp3) is 0.889. The van der Waals surface area contributed by atoms with E-state index in [4.69, 9.17) is 4.74 Å². The summed E-state index contributed by atoms with van der Waals surface area (Å²) in [6.07, 6.45) is 6.62. The first-order valence-electron chi connectivity index (χ1n) is 8.90. The molecule has 4 aliphatic carbocycles. The maximum absolute atomic E-state index is 12.8. The standard InChI is InChI=1S/C18H29NO4/c1-16(2,3)23-15(22)19(12-13-4-5-13)18-9-6-17(7-10-18,8-11-18)14(20)21/h13H,4-12H2,1-3H3,(H,20,21). The smallest absolute Gasteiger partial charge is 0.410 e. The van der Waals surface area contributed by atoms with E-state index in [-0.39, 0.29) is 11.6 Å². The molecule has 0 atom stereocenters. The second-order valence-corrected chi connectivity index (χ2v) is 8.84.